The lowest BCUT2D eigenvalue weighted by atomic mass is 9.87. The molecule has 4 nitrogen and oxygen atoms in total. The molecule has 1 N–H and O–H groups in total. The number of nitrogens with one attached hydrogen (secondary N) is 1. The smallest absolute Gasteiger partial charge is 0.225 e. The van der Waals surface area contributed by atoms with Crippen molar-refractivity contribution in [1.29, 1.82) is 0 Å². The van der Waals surface area contributed by atoms with Crippen molar-refractivity contribution in [2.45, 2.75) is 45.2 Å². The summed E-state index contributed by atoms with van der Waals surface area (Å²) in [5.74, 6) is 0.0402. The molecule has 0 unspecified atom stereocenters. The molecule has 1 aliphatic heterocycles. The van der Waals surface area contributed by atoms with Gasteiger partial charge in [0.2, 0.25) is 11.8 Å². The lowest BCUT2D eigenvalue weighted by Crippen LogP contribution is -2.47. The number of rotatable bonds is 4. The van der Waals surface area contributed by atoms with E-state index in [0.717, 1.165) is 11.3 Å². The van der Waals surface area contributed by atoms with Gasteiger partial charge in [0.25, 0.3) is 0 Å². The maximum absolute atomic E-state index is 12.5. The zero-order chi connectivity index (χ0) is 14.7. The summed E-state index contributed by atoms with van der Waals surface area (Å²) in [7, 11) is 1.80. The van der Waals surface area contributed by atoms with Crippen molar-refractivity contribution in [2.24, 2.45) is 5.92 Å². The van der Waals surface area contributed by atoms with Crippen molar-refractivity contribution in [2.75, 3.05) is 7.05 Å². The van der Waals surface area contributed by atoms with E-state index in [1.165, 1.54) is 0 Å². The van der Waals surface area contributed by atoms with Crippen molar-refractivity contribution in [3.8, 4) is 0 Å². The van der Waals surface area contributed by atoms with Gasteiger partial charge in [-0.25, -0.2) is 0 Å². The normalized spacial score (nSPS) is 24.6. The Morgan fingerprint density at radius 2 is 2.35 bits per heavy atom. The van der Waals surface area contributed by atoms with E-state index in [2.05, 4.69) is 12.2 Å². The number of nitrogens with zero attached hydrogens (tertiary/aromatic N) is 1. The standard InChI is InChI=1S/C15H22N2O2S/c1-4-10(2)16-15(19)11-7-8-13(18)17(3)14(11)12-6-5-9-20-12/h5-6,9-11,14H,4,7-8H2,1-3H3,(H,16,19)/t10-,11-,14+/m0/s1. The van der Waals surface area contributed by atoms with Crippen LogP contribution < -0.4 is 5.32 Å². The minimum atomic E-state index is -0.148. The minimum Gasteiger partial charge on any atom is -0.353 e. The second kappa shape index (κ2) is 6.39. The zero-order valence-corrected chi connectivity index (χ0v) is 13.1. The summed E-state index contributed by atoms with van der Waals surface area (Å²) < 4.78 is 0. The zero-order valence-electron chi connectivity index (χ0n) is 12.3. The molecule has 2 amide bonds. The molecular weight excluding hydrogens is 272 g/mol. The van der Waals surface area contributed by atoms with Crippen LogP contribution in [0, 0.1) is 5.92 Å². The van der Waals surface area contributed by atoms with Crippen molar-refractivity contribution in [3.05, 3.63) is 22.4 Å². The van der Waals surface area contributed by atoms with Crippen LogP contribution in [-0.2, 0) is 9.59 Å². The highest BCUT2D eigenvalue weighted by Gasteiger charge is 2.39. The predicted octanol–water partition coefficient (Wildman–Crippen LogP) is 2.57. The topological polar surface area (TPSA) is 49.4 Å². The largest absolute Gasteiger partial charge is 0.353 e. The Kier molecular flexibility index (Phi) is 4.81. The number of likely N-dealkylation sites (tertiary alicyclic amines) is 1. The summed E-state index contributed by atoms with van der Waals surface area (Å²) in [5.41, 5.74) is 0. The molecule has 20 heavy (non-hydrogen) atoms. The molecule has 1 saturated heterocycles. The van der Waals surface area contributed by atoms with Gasteiger partial charge in [-0.05, 0) is 31.2 Å². The van der Waals surface area contributed by atoms with Crippen LogP contribution in [0.3, 0.4) is 0 Å². The van der Waals surface area contributed by atoms with Crippen LogP contribution in [0.4, 0.5) is 0 Å². The second-order valence-electron chi connectivity index (χ2n) is 5.43. The van der Waals surface area contributed by atoms with E-state index in [1.54, 1.807) is 23.3 Å². The molecule has 2 heterocycles. The van der Waals surface area contributed by atoms with Crippen molar-refractivity contribution in [1.82, 2.24) is 10.2 Å². The molecule has 0 radical (unpaired) electrons. The van der Waals surface area contributed by atoms with Crippen LogP contribution in [-0.4, -0.2) is 29.8 Å². The molecule has 0 aliphatic carbocycles. The highest BCUT2D eigenvalue weighted by Crippen LogP contribution is 2.37. The third kappa shape index (κ3) is 3.03. The highest BCUT2D eigenvalue weighted by molar-refractivity contribution is 7.10. The van der Waals surface area contributed by atoms with Crippen LogP contribution >= 0.6 is 11.3 Å². The quantitative estimate of drug-likeness (QED) is 0.928. The van der Waals surface area contributed by atoms with Gasteiger partial charge in [0.15, 0.2) is 0 Å². The first kappa shape index (κ1) is 15.0. The SMILES string of the molecule is CC[C@H](C)NC(=O)[C@H]1CCC(=O)N(C)[C@H]1c1cccs1. The van der Waals surface area contributed by atoms with E-state index in [-0.39, 0.29) is 29.8 Å². The Morgan fingerprint density at radius 1 is 1.60 bits per heavy atom. The molecule has 1 aromatic heterocycles. The molecule has 0 saturated carbocycles. The maximum atomic E-state index is 12.5. The molecule has 1 aliphatic rings. The first-order valence-electron chi connectivity index (χ1n) is 7.14. The van der Waals surface area contributed by atoms with Crippen LogP contribution in [0.2, 0.25) is 0 Å². The number of piperidine rings is 1. The molecule has 0 bridgehead atoms. The molecule has 5 heteroatoms. The van der Waals surface area contributed by atoms with Gasteiger partial charge in [-0.3, -0.25) is 9.59 Å². The monoisotopic (exact) mass is 294 g/mol. The Balaban J connectivity index is 2.21. The third-order valence-electron chi connectivity index (χ3n) is 4.03. The first-order valence-corrected chi connectivity index (χ1v) is 8.02. The van der Waals surface area contributed by atoms with E-state index in [0.29, 0.717) is 12.8 Å². The van der Waals surface area contributed by atoms with Gasteiger partial charge in [-0.1, -0.05) is 13.0 Å². The summed E-state index contributed by atoms with van der Waals surface area (Å²) in [6.45, 7) is 4.06. The summed E-state index contributed by atoms with van der Waals surface area (Å²) >= 11 is 1.61. The fourth-order valence-corrected chi connectivity index (χ4v) is 3.55. The number of carbonyl (C=O) groups excluding carboxylic acids is 2. The van der Waals surface area contributed by atoms with Gasteiger partial charge in [0, 0.05) is 24.4 Å². The second-order valence-corrected chi connectivity index (χ2v) is 6.41. The van der Waals surface area contributed by atoms with Crippen molar-refractivity contribution < 1.29 is 9.59 Å². The number of carbonyl (C=O) groups is 2. The molecule has 1 aromatic rings. The summed E-state index contributed by atoms with van der Waals surface area (Å²) in [4.78, 5) is 27.2. The molecule has 0 aromatic carbocycles. The molecule has 2 rings (SSSR count). The summed E-state index contributed by atoms with van der Waals surface area (Å²) in [6, 6.07) is 4.03. The Labute approximate surface area is 124 Å². The van der Waals surface area contributed by atoms with E-state index in [1.807, 2.05) is 24.4 Å². The molecule has 1 fully saturated rings. The highest BCUT2D eigenvalue weighted by atomic mass is 32.1. The van der Waals surface area contributed by atoms with E-state index < -0.39 is 0 Å². The predicted molar refractivity (Wildman–Crippen MR) is 80.4 cm³/mol. The van der Waals surface area contributed by atoms with E-state index in [9.17, 15) is 9.59 Å². The van der Waals surface area contributed by atoms with Gasteiger partial charge in [-0.2, -0.15) is 0 Å². The minimum absolute atomic E-state index is 0.0668. The van der Waals surface area contributed by atoms with Gasteiger partial charge in [0.1, 0.15) is 0 Å². The number of hydrogen-bond donors (Lipinski definition) is 1. The fourth-order valence-electron chi connectivity index (χ4n) is 2.61. The van der Waals surface area contributed by atoms with Gasteiger partial charge in [0.05, 0.1) is 12.0 Å². The molecule has 3 atom stereocenters. The molecule has 110 valence electrons. The van der Waals surface area contributed by atoms with Crippen LogP contribution in [0.15, 0.2) is 17.5 Å². The van der Waals surface area contributed by atoms with Crippen LogP contribution in [0.25, 0.3) is 0 Å². The Hall–Kier alpha value is -1.36. The van der Waals surface area contributed by atoms with E-state index >= 15 is 0 Å². The van der Waals surface area contributed by atoms with Crippen molar-refractivity contribution >= 4 is 23.2 Å². The summed E-state index contributed by atoms with van der Waals surface area (Å²) in [5, 5.41) is 5.05. The molecule has 0 spiro atoms. The van der Waals surface area contributed by atoms with Gasteiger partial charge >= 0.3 is 0 Å². The van der Waals surface area contributed by atoms with Gasteiger partial charge in [-0.15, -0.1) is 11.3 Å². The third-order valence-corrected chi connectivity index (χ3v) is 4.98. The number of hydrogen-bond acceptors (Lipinski definition) is 3. The van der Waals surface area contributed by atoms with Gasteiger partial charge < -0.3 is 10.2 Å². The maximum Gasteiger partial charge on any atom is 0.225 e. The first-order chi connectivity index (χ1) is 9.54. The summed E-state index contributed by atoms with van der Waals surface area (Å²) in [6.07, 6.45) is 2.00. The number of thiophene rings is 1. The lowest BCUT2D eigenvalue weighted by Gasteiger charge is -2.38. The Bertz CT molecular complexity index is 472. The van der Waals surface area contributed by atoms with Crippen molar-refractivity contribution in [3.63, 3.8) is 0 Å². The van der Waals surface area contributed by atoms with E-state index in [4.69, 9.17) is 0 Å². The Morgan fingerprint density at radius 3 is 2.95 bits per heavy atom. The average Bonchev–Trinajstić information content (AvgIpc) is 2.95. The average molecular weight is 294 g/mol. The molecular formula is C15H22N2O2S. The van der Waals surface area contributed by atoms with Crippen LogP contribution in [0.1, 0.15) is 44.0 Å². The lowest BCUT2D eigenvalue weighted by molar-refractivity contribution is -0.141. The fraction of sp³-hybridized carbons (Fsp3) is 0.600. The number of amides is 2. The van der Waals surface area contributed by atoms with Crippen LogP contribution in [0.5, 0.6) is 0 Å².